The zero-order chi connectivity index (χ0) is 19.8. The summed E-state index contributed by atoms with van der Waals surface area (Å²) >= 11 is 6.35. The summed E-state index contributed by atoms with van der Waals surface area (Å²) in [5.74, 6) is -1.05. The first kappa shape index (κ1) is 18.6. The third-order valence-corrected chi connectivity index (χ3v) is 5.55. The van der Waals surface area contributed by atoms with E-state index in [0.717, 1.165) is 19.3 Å². The van der Waals surface area contributed by atoms with Gasteiger partial charge in [-0.1, -0.05) is 17.7 Å². The number of benzene rings is 2. The van der Waals surface area contributed by atoms with Crippen LogP contribution in [-0.2, 0) is 0 Å². The minimum atomic E-state index is -1.09. The van der Waals surface area contributed by atoms with Gasteiger partial charge in [-0.2, -0.15) is 0 Å². The number of rotatable bonds is 4. The number of ether oxygens (including phenoxy) is 1. The number of halogens is 2. The van der Waals surface area contributed by atoms with Gasteiger partial charge in [0.15, 0.2) is 5.69 Å². The van der Waals surface area contributed by atoms with Crippen LogP contribution >= 0.6 is 11.6 Å². The Labute approximate surface area is 166 Å². The molecule has 0 unspecified atom stereocenters. The quantitative estimate of drug-likeness (QED) is 0.658. The second-order valence-electron chi connectivity index (χ2n) is 6.84. The van der Waals surface area contributed by atoms with Gasteiger partial charge in [-0.25, -0.2) is 9.18 Å². The van der Waals surface area contributed by atoms with Crippen molar-refractivity contribution in [1.82, 2.24) is 4.57 Å². The Morgan fingerprint density at radius 3 is 2.61 bits per heavy atom. The van der Waals surface area contributed by atoms with E-state index in [1.807, 2.05) is 4.90 Å². The van der Waals surface area contributed by atoms with Crippen LogP contribution in [0.25, 0.3) is 16.6 Å². The molecule has 146 valence electrons. The zero-order valence-corrected chi connectivity index (χ0v) is 16.2. The van der Waals surface area contributed by atoms with Gasteiger partial charge in [-0.05, 0) is 43.5 Å². The molecule has 1 N–H and O–H groups in total. The average molecular weight is 403 g/mol. The largest absolute Gasteiger partial charge is 0.497 e. The molecule has 5 nitrogen and oxygen atoms in total. The summed E-state index contributed by atoms with van der Waals surface area (Å²) in [4.78, 5) is 14.4. The summed E-state index contributed by atoms with van der Waals surface area (Å²) in [6, 6.07) is 9.97. The molecule has 0 saturated carbocycles. The first-order valence-electron chi connectivity index (χ1n) is 9.18. The van der Waals surface area contributed by atoms with Gasteiger partial charge < -0.3 is 19.3 Å². The number of carbonyl (C=O) groups is 1. The molecule has 1 aliphatic heterocycles. The van der Waals surface area contributed by atoms with Crippen LogP contribution in [0, 0.1) is 5.82 Å². The van der Waals surface area contributed by atoms with Gasteiger partial charge in [0, 0.05) is 24.5 Å². The molecule has 0 amide bonds. The van der Waals surface area contributed by atoms with E-state index in [0.29, 0.717) is 41.1 Å². The molecule has 1 aliphatic rings. The molecule has 1 saturated heterocycles. The molecule has 3 aromatic rings. The molecule has 0 atom stereocenters. The predicted octanol–water partition coefficient (Wildman–Crippen LogP) is 5.12. The molecule has 0 bridgehead atoms. The fourth-order valence-corrected chi connectivity index (χ4v) is 4.19. The van der Waals surface area contributed by atoms with Crippen molar-refractivity contribution in [1.29, 1.82) is 0 Å². The maximum atomic E-state index is 14.3. The van der Waals surface area contributed by atoms with E-state index in [1.165, 1.54) is 6.07 Å². The summed E-state index contributed by atoms with van der Waals surface area (Å²) in [5, 5.41) is 10.5. The van der Waals surface area contributed by atoms with Crippen LogP contribution in [0.1, 0.15) is 29.8 Å². The van der Waals surface area contributed by atoms with E-state index in [1.54, 1.807) is 42.0 Å². The second kappa shape index (κ2) is 7.36. The molecule has 0 spiro atoms. The summed E-state index contributed by atoms with van der Waals surface area (Å²) < 4.78 is 21.2. The molecule has 0 aliphatic carbocycles. The van der Waals surface area contributed by atoms with Gasteiger partial charge in [-0.15, -0.1) is 0 Å². The number of piperidine rings is 1. The maximum Gasteiger partial charge on any atom is 0.355 e. The molecule has 2 heterocycles. The molecule has 28 heavy (non-hydrogen) atoms. The minimum absolute atomic E-state index is 0.0535. The van der Waals surface area contributed by atoms with Gasteiger partial charge >= 0.3 is 5.97 Å². The number of aromatic carboxylic acids is 1. The molecule has 1 aromatic heterocycles. The first-order valence-corrected chi connectivity index (χ1v) is 9.55. The van der Waals surface area contributed by atoms with E-state index in [2.05, 4.69) is 0 Å². The van der Waals surface area contributed by atoms with Gasteiger partial charge in [0.1, 0.15) is 11.6 Å². The highest BCUT2D eigenvalue weighted by Crippen LogP contribution is 2.42. The van der Waals surface area contributed by atoms with Gasteiger partial charge in [0.05, 0.1) is 29.0 Å². The smallest absolute Gasteiger partial charge is 0.355 e. The van der Waals surface area contributed by atoms with Crippen molar-refractivity contribution >= 4 is 34.2 Å². The topological polar surface area (TPSA) is 54.7 Å². The Morgan fingerprint density at radius 1 is 1.18 bits per heavy atom. The van der Waals surface area contributed by atoms with Crippen molar-refractivity contribution in [2.45, 2.75) is 19.3 Å². The Kier molecular flexibility index (Phi) is 4.89. The number of fused-ring (bicyclic) bond motifs is 1. The summed E-state index contributed by atoms with van der Waals surface area (Å²) in [7, 11) is 1.55. The Hall–Kier alpha value is -2.73. The molecule has 0 radical (unpaired) electrons. The highest BCUT2D eigenvalue weighted by Gasteiger charge is 2.30. The molecule has 2 aromatic carbocycles. The number of hydrogen-bond donors (Lipinski definition) is 1. The molecule has 1 fully saturated rings. The minimum Gasteiger partial charge on any atom is -0.497 e. The fourth-order valence-electron chi connectivity index (χ4n) is 3.94. The molecule has 7 heteroatoms. The molecular formula is C21H20ClFN2O3. The Bertz CT molecular complexity index is 1060. The van der Waals surface area contributed by atoms with Crippen LogP contribution in [-0.4, -0.2) is 35.8 Å². The number of anilines is 1. The zero-order valence-electron chi connectivity index (χ0n) is 15.4. The number of aromatic nitrogens is 1. The lowest BCUT2D eigenvalue weighted by Gasteiger charge is -2.29. The van der Waals surface area contributed by atoms with Crippen LogP contribution in [0.15, 0.2) is 36.4 Å². The van der Waals surface area contributed by atoms with Gasteiger partial charge in [0.25, 0.3) is 0 Å². The van der Waals surface area contributed by atoms with Crippen LogP contribution in [0.2, 0.25) is 5.02 Å². The van der Waals surface area contributed by atoms with Crippen molar-refractivity contribution in [3.8, 4) is 11.4 Å². The molecular weight excluding hydrogens is 383 g/mol. The normalized spacial score (nSPS) is 14.5. The van der Waals surface area contributed by atoms with Crippen molar-refractivity contribution < 1.29 is 19.0 Å². The SMILES string of the molecule is COc1cccc(-n2c(C(=O)O)c(N3CCCCC3)c3c(Cl)c(F)ccc32)c1. The van der Waals surface area contributed by atoms with Crippen LogP contribution in [0.4, 0.5) is 10.1 Å². The van der Waals surface area contributed by atoms with Gasteiger partial charge in [0.2, 0.25) is 0 Å². The summed E-state index contributed by atoms with van der Waals surface area (Å²) in [6.45, 7) is 1.43. The summed E-state index contributed by atoms with van der Waals surface area (Å²) in [6.07, 6.45) is 3.01. The number of methoxy groups -OCH3 is 1. The van der Waals surface area contributed by atoms with Crippen molar-refractivity contribution in [3.05, 3.63) is 52.9 Å². The lowest BCUT2D eigenvalue weighted by Crippen LogP contribution is -2.30. The number of hydrogen-bond acceptors (Lipinski definition) is 3. The first-order chi connectivity index (χ1) is 13.5. The lowest BCUT2D eigenvalue weighted by atomic mass is 10.1. The maximum absolute atomic E-state index is 14.3. The highest BCUT2D eigenvalue weighted by atomic mass is 35.5. The standard InChI is InChI=1S/C21H20ClFN2O3/c1-28-14-7-5-6-13(12-14)25-16-9-8-15(23)18(22)17(16)19(20(25)21(26)27)24-10-3-2-4-11-24/h5-9,12H,2-4,10-11H2,1H3,(H,26,27). The third kappa shape index (κ3) is 2.98. The van der Waals surface area contributed by atoms with Crippen molar-refractivity contribution in [2.24, 2.45) is 0 Å². The van der Waals surface area contributed by atoms with E-state index >= 15 is 0 Å². The number of carboxylic acid groups (broad SMARTS) is 1. The van der Waals surface area contributed by atoms with E-state index in [4.69, 9.17) is 16.3 Å². The van der Waals surface area contributed by atoms with Crippen molar-refractivity contribution in [2.75, 3.05) is 25.1 Å². The monoisotopic (exact) mass is 402 g/mol. The molecule has 4 rings (SSSR count). The van der Waals surface area contributed by atoms with E-state index in [9.17, 15) is 14.3 Å². The second-order valence-corrected chi connectivity index (χ2v) is 7.22. The number of nitrogens with zero attached hydrogens (tertiary/aromatic N) is 2. The van der Waals surface area contributed by atoms with E-state index in [-0.39, 0.29) is 10.7 Å². The Morgan fingerprint density at radius 2 is 1.93 bits per heavy atom. The van der Waals surface area contributed by atoms with Crippen molar-refractivity contribution in [3.63, 3.8) is 0 Å². The highest BCUT2D eigenvalue weighted by molar-refractivity contribution is 6.37. The lowest BCUT2D eigenvalue weighted by molar-refractivity contribution is 0.0689. The average Bonchev–Trinajstić information content (AvgIpc) is 3.07. The van der Waals surface area contributed by atoms with Crippen LogP contribution < -0.4 is 9.64 Å². The van der Waals surface area contributed by atoms with E-state index < -0.39 is 11.8 Å². The van der Waals surface area contributed by atoms with Gasteiger partial charge in [-0.3, -0.25) is 0 Å². The summed E-state index contributed by atoms with van der Waals surface area (Å²) in [5.41, 5.74) is 1.73. The Balaban J connectivity index is 2.10. The third-order valence-electron chi connectivity index (χ3n) is 5.18. The number of carboxylic acids is 1. The van der Waals surface area contributed by atoms with Crippen LogP contribution in [0.3, 0.4) is 0 Å². The predicted molar refractivity (Wildman–Crippen MR) is 108 cm³/mol. The van der Waals surface area contributed by atoms with Crippen LogP contribution in [0.5, 0.6) is 5.75 Å². The fraction of sp³-hybridized carbons (Fsp3) is 0.286.